The Morgan fingerprint density at radius 2 is 1.60 bits per heavy atom. The van der Waals surface area contributed by atoms with Gasteiger partial charge in [0.05, 0.1) is 10.6 Å². The zero-order valence-corrected chi connectivity index (χ0v) is 18.8. The maximum atomic E-state index is 12.7. The molecule has 0 bridgehead atoms. The van der Waals surface area contributed by atoms with Crippen LogP contribution < -0.4 is 4.72 Å². The van der Waals surface area contributed by atoms with E-state index >= 15 is 0 Å². The van der Waals surface area contributed by atoms with Gasteiger partial charge >= 0.3 is 0 Å². The number of carbonyl (C=O) groups excluding carboxylic acids is 1. The van der Waals surface area contributed by atoms with E-state index < -0.39 is 10.0 Å². The van der Waals surface area contributed by atoms with E-state index in [2.05, 4.69) is 4.72 Å². The number of aryl methyl sites for hydroxylation is 1. The number of anilines is 1. The summed E-state index contributed by atoms with van der Waals surface area (Å²) in [5.41, 5.74) is 2.84. The van der Waals surface area contributed by atoms with Crippen LogP contribution >= 0.6 is 11.8 Å². The summed E-state index contributed by atoms with van der Waals surface area (Å²) in [5, 5.41) is 0. The van der Waals surface area contributed by atoms with E-state index in [1.165, 1.54) is 17.0 Å². The van der Waals surface area contributed by atoms with Crippen molar-refractivity contribution in [2.45, 2.75) is 23.3 Å². The Labute approximate surface area is 182 Å². The highest BCUT2D eigenvalue weighted by molar-refractivity contribution is 7.98. The van der Waals surface area contributed by atoms with E-state index in [0.717, 1.165) is 11.1 Å². The van der Waals surface area contributed by atoms with Crippen LogP contribution in [0, 0.1) is 6.92 Å². The average molecular weight is 441 g/mol. The van der Waals surface area contributed by atoms with Crippen LogP contribution in [0.3, 0.4) is 0 Å². The Hall–Kier alpha value is -2.77. The molecule has 0 aliphatic carbocycles. The van der Waals surface area contributed by atoms with Crippen LogP contribution in [0.4, 0.5) is 5.69 Å². The SMILES string of the molecule is CSc1ccc(CN(C)C(=O)c2ccc(S(=O)(=O)Nc3ccccc3C)cc2)cc1. The molecule has 0 aromatic heterocycles. The highest BCUT2D eigenvalue weighted by Crippen LogP contribution is 2.20. The molecule has 1 N–H and O–H groups in total. The van der Waals surface area contributed by atoms with Gasteiger partial charge in [0.25, 0.3) is 15.9 Å². The van der Waals surface area contributed by atoms with Crippen molar-refractivity contribution in [3.63, 3.8) is 0 Å². The summed E-state index contributed by atoms with van der Waals surface area (Å²) in [6.07, 6.45) is 2.02. The first-order valence-corrected chi connectivity index (χ1v) is 12.1. The average Bonchev–Trinajstić information content (AvgIpc) is 2.75. The summed E-state index contributed by atoms with van der Waals surface area (Å²) in [6, 6.07) is 21.2. The number of nitrogens with one attached hydrogen (secondary N) is 1. The summed E-state index contributed by atoms with van der Waals surface area (Å²) in [4.78, 5) is 15.6. The summed E-state index contributed by atoms with van der Waals surface area (Å²) in [5.74, 6) is -0.167. The minimum absolute atomic E-state index is 0.109. The number of amides is 1. The van der Waals surface area contributed by atoms with Crippen LogP contribution in [0.1, 0.15) is 21.5 Å². The molecule has 0 atom stereocenters. The lowest BCUT2D eigenvalue weighted by molar-refractivity contribution is 0.0785. The molecule has 3 aromatic rings. The molecule has 1 amide bonds. The molecule has 0 spiro atoms. The van der Waals surface area contributed by atoms with Gasteiger partial charge in [-0.2, -0.15) is 0 Å². The van der Waals surface area contributed by atoms with Gasteiger partial charge in [0, 0.05) is 24.1 Å². The fourth-order valence-electron chi connectivity index (χ4n) is 2.96. The fraction of sp³-hybridized carbons (Fsp3) is 0.174. The lowest BCUT2D eigenvalue weighted by atomic mass is 10.1. The topological polar surface area (TPSA) is 66.5 Å². The third kappa shape index (κ3) is 5.23. The lowest BCUT2D eigenvalue weighted by Crippen LogP contribution is -2.26. The van der Waals surface area contributed by atoms with Crippen molar-refractivity contribution >= 4 is 33.4 Å². The minimum Gasteiger partial charge on any atom is -0.337 e. The van der Waals surface area contributed by atoms with E-state index in [4.69, 9.17) is 0 Å². The van der Waals surface area contributed by atoms with Crippen LogP contribution in [0.25, 0.3) is 0 Å². The molecule has 0 unspecified atom stereocenters. The first kappa shape index (κ1) is 21.9. The second kappa shape index (κ2) is 9.36. The maximum Gasteiger partial charge on any atom is 0.261 e. The van der Waals surface area contributed by atoms with Gasteiger partial charge in [-0.3, -0.25) is 9.52 Å². The molecule has 0 radical (unpaired) electrons. The summed E-state index contributed by atoms with van der Waals surface area (Å²) >= 11 is 1.67. The predicted molar refractivity (Wildman–Crippen MR) is 122 cm³/mol. The molecule has 0 saturated carbocycles. The third-order valence-electron chi connectivity index (χ3n) is 4.73. The Bertz CT molecular complexity index is 1130. The zero-order valence-electron chi connectivity index (χ0n) is 17.1. The van der Waals surface area contributed by atoms with Gasteiger partial charge in [-0.05, 0) is 66.8 Å². The summed E-state index contributed by atoms with van der Waals surface area (Å²) in [6.45, 7) is 2.31. The van der Waals surface area contributed by atoms with Gasteiger partial charge < -0.3 is 4.90 Å². The number of benzene rings is 3. The first-order chi connectivity index (χ1) is 14.3. The Morgan fingerprint density at radius 1 is 0.967 bits per heavy atom. The van der Waals surface area contributed by atoms with Gasteiger partial charge in [0.2, 0.25) is 0 Å². The Morgan fingerprint density at radius 3 is 2.20 bits per heavy atom. The molecule has 3 rings (SSSR count). The number of hydrogen-bond acceptors (Lipinski definition) is 4. The van der Waals surface area contributed by atoms with E-state index in [1.54, 1.807) is 48.0 Å². The van der Waals surface area contributed by atoms with Crippen molar-refractivity contribution in [1.29, 1.82) is 0 Å². The van der Waals surface area contributed by atoms with E-state index in [-0.39, 0.29) is 10.8 Å². The Kier molecular flexibility index (Phi) is 6.84. The predicted octanol–water partition coefficient (Wildman–Crippen LogP) is 4.79. The van der Waals surface area contributed by atoms with Crippen LogP contribution in [-0.4, -0.2) is 32.5 Å². The van der Waals surface area contributed by atoms with Crippen LogP contribution in [-0.2, 0) is 16.6 Å². The molecule has 30 heavy (non-hydrogen) atoms. The van der Waals surface area contributed by atoms with Gasteiger partial charge in [-0.15, -0.1) is 11.8 Å². The molecule has 7 heteroatoms. The molecule has 0 fully saturated rings. The van der Waals surface area contributed by atoms with Gasteiger partial charge in [0.1, 0.15) is 0 Å². The van der Waals surface area contributed by atoms with E-state index in [1.807, 2.05) is 49.6 Å². The van der Waals surface area contributed by atoms with Gasteiger partial charge in [-0.25, -0.2) is 8.42 Å². The minimum atomic E-state index is -3.73. The monoisotopic (exact) mass is 440 g/mol. The van der Waals surface area contributed by atoms with Crippen molar-refractivity contribution < 1.29 is 13.2 Å². The molecule has 0 aliphatic rings. The van der Waals surface area contributed by atoms with Crippen LogP contribution in [0.2, 0.25) is 0 Å². The standard InChI is InChI=1S/C23H24N2O3S2/c1-17-6-4-5-7-22(17)24-30(27,28)21-14-10-19(11-15-21)23(26)25(2)16-18-8-12-20(29-3)13-9-18/h4-15,24H,16H2,1-3H3. The molecule has 3 aromatic carbocycles. The number of carbonyl (C=O) groups is 1. The highest BCUT2D eigenvalue weighted by atomic mass is 32.2. The fourth-order valence-corrected chi connectivity index (χ4v) is 4.50. The molecule has 0 heterocycles. The summed E-state index contributed by atoms with van der Waals surface area (Å²) in [7, 11) is -2.00. The van der Waals surface area contributed by atoms with Crippen LogP contribution in [0.15, 0.2) is 82.6 Å². The second-order valence-electron chi connectivity index (χ2n) is 6.95. The molecule has 0 saturated heterocycles. The normalized spacial score (nSPS) is 11.2. The van der Waals surface area contributed by atoms with Crippen molar-refractivity contribution in [1.82, 2.24) is 4.90 Å². The van der Waals surface area contributed by atoms with Crippen molar-refractivity contribution in [3.8, 4) is 0 Å². The largest absolute Gasteiger partial charge is 0.337 e. The molecular formula is C23H24N2O3S2. The zero-order chi connectivity index (χ0) is 21.7. The van der Waals surface area contributed by atoms with Gasteiger partial charge in [0.15, 0.2) is 0 Å². The quantitative estimate of drug-likeness (QED) is 0.537. The second-order valence-corrected chi connectivity index (χ2v) is 9.52. The van der Waals surface area contributed by atoms with Crippen molar-refractivity contribution in [3.05, 3.63) is 89.5 Å². The molecule has 156 valence electrons. The van der Waals surface area contributed by atoms with Crippen molar-refractivity contribution in [2.24, 2.45) is 0 Å². The van der Waals surface area contributed by atoms with Gasteiger partial charge in [-0.1, -0.05) is 30.3 Å². The number of nitrogens with zero attached hydrogens (tertiary/aromatic N) is 1. The number of thioether (sulfide) groups is 1. The third-order valence-corrected chi connectivity index (χ3v) is 6.85. The number of sulfonamides is 1. The molecule has 0 aliphatic heterocycles. The number of hydrogen-bond donors (Lipinski definition) is 1. The smallest absolute Gasteiger partial charge is 0.261 e. The number of rotatable bonds is 7. The summed E-state index contributed by atoms with van der Waals surface area (Å²) < 4.78 is 27.9. The number of para-hydroxylation sites is 1. The highest BCUT2D eigenvalue weighted by Gasteiger charge is 2.17. The van der Waals surface area contributed by atoms with Crippen LogP contribution in [0.5, 0.6) is 0 Å². The van der Waals surface area contributed by atoms with Crippen molar-refractivity contribution in [2.75, 3.05) is 18.0 Å². The molecular weight excluding hydrogens is 416 g/mol. The molecule has 5 nitrogen and oxygen atoms in total. The van der Waals surface area contributed by atoms with E-state index in [0.29, 0.717) is 17.8 Å². The lowest BCUT2D eigenvalue weighted by Gasteiger charge is -2.18. The first-order valence-electron chi connectivity index (χ1n) is 9.37. The van der Waals surface area contributed by atoms with E-state index in [9.17, 15) is 13.2 Å². The maximum absolute atomic E-state index is 12.7. The Balaban J connectivity index is 1.70.